The Morgan fingerprint density at radius 2 is 2.20 bits per heavy atom. The summed E-state index contributed by atoms with van der Waals surface area (Å²) in [4.78, 5) is 0. The van der Waals surface area contributed by atoms with Crippen LogP contribution >= 0.6 is 11.6 Å². The molecule has 0 bridgehead atoms. The van der Waals surface area contributed by atoms with Gasteiger partial charge in [-0.15, -0.1) is 5.10 Å². The number of nitrogens with zero attached hydrogens (tertiary/aromatic N) is 4. The fourth-order valence-electron chi connectivity index (χ4n) is 2.34. The molecule has 1 atom stereocenters. The molecule has 3 rings (SSSR count). The normalized spacial score (nSPS) is 22.9. The number of tetrazole rings is 1. The lowest BCUT2D eigenvalue weighted by atomic mass is 10.0. The van der Waals surface area contributed by atoms with Crippen LogP contribution in [0.25, 0.3) is 0 Å². The maximum atomic E-state index is 5.90. The van der Waals surface area contributed by atoms with E-state index >= 15 is 0 Å². The van der Waals surface area contributed by atoms with Crippen molar-refractivity contribution < 1.29 is 4.74 Å². The molecule has 0 unspecified atom stereocenters. The molecule has 6 nitrogen and oxygen atoms in total. The number of morpholine rings is 1. The van der Waals surface area contributed by atoms with Gasteiger partial charge in [-0.3, -0.25) is 0 Å². The fraction of sp³-hybridized carbons (Fsp3) is 0.462. The number of aromatic nitrogens is 4. The van der Waals surface area contributed by atoms with E-state index in [9.17, 15) is 0 Å². The Morgan fingerprint density at radius 1 is 1.40 bits per heavy atom. The highest BCUT2D eigenvalue weighted by atomic mass is 35.5. The van der Waals surface area contributed by atoms with Gasteiger partial charge in [0, 0.05) is 11.6 Å². The number of halogens is 1. The van der Waals surface area contributed by atoms with Gasteiger partial charge in [-0.25, -0.2) is 4.68 Å². The molecule has 0 amide bonds. The fourth-order valence-corrected chi connectivity index (χ4v) is 2.47. The molecule has 0 spiro atoms. The summed E-state index contributed by atoms with van der Waals surface area (Å²) in [6, 6.07) is 7.68. The molecule has 20 heavy (non-hydrogen) atoms. The van der Waals surface area contributed by atoms with Crippen molar-refractivity contribution in [1.82, 2.24) is 25.5 Å². The molecule has 0 radical (unpaired) electrons. The zero-order chi connectivity index (χ0) is 14.0. The molecule has 2 heterocycles. The van der Waals surface area contributed by atoms with Crippen molar-refractivity contribution in [3.8, 4) is 0 Å². The number of nitrogens with one attached hydrogen (secondary N) is 1. The first kappa shape index (κ1) is 13.5. The second-order valence-electron chi connectivity index (χ2n) is 5.10. The minimum absolute atomic E-state index is 0.353. The number of benzene rings is 1. The third-order valence-electron chi connectivity index (χ3n) is 3.42. The van der Waals surface area contributed by atoms with Crippen LogP contribution in [0.3, 0.4) is 0 Å². The van der Waals surface area contributed by atoms with Gasteiger partial charge < -0.3 is 10.1 Å². The number of hydrogen-bond acceptors (Lipinski definition) is 5. The standard InChI is InChI=1S/C13H16ClN5O/c1-13(9-20-7-6-15-13)12-16-17-18-19(12)8-10-2-4-11(14)5-3-10/h2-5,15H,6-9H2,1H3/t13-/m0/s1. The van der Waals surface area contributed by atoms with Crippen LogP contribution < -0.4 is 5.32 Å². The third-order valence-corrected chi connectivity index (χ3v) is 3.68. The summed E-state index contributed by atoms with van der Waals surface area (Å²) < 4.78 is 7.34. The Bertz CT molecular complexity index is 577. The summed E-state index contributed by atoms with van der Waals surface area (Å²) in [7, 11) is 0. The minimum atomic E-state index is -0.353. The molecule has 1 N–H and O–H groups in total. The lowest BCUT2D eigenvalue weighted by Gasteiger charge is -2.33. The van der Waals surface area contributed by atoms with Crippen molar-refractivity contribution in [2.24, 2.45) is 0 Å². The van der Waals surface area contributed by atoms with Gasteiger partial charge in [0.15, 0.2) is 5.82 Å². The van der Waals surface area contributed by atoms with Gasteiger partial charge in [0.1, 0.15) is 5.54 Å². The SMILES string of the molecule is C[C@@]1(c2nnnn2Cc2ccc(Cl)cc2)COCCN1. The summed E-state index contributed by atoms with van der Waals surface area (Å²) in [5.74, 6) is 0.784. The summed E-state index contributed by atoms with van der Waals surface area (Å²) in [5.41, 5.74) is 0.747. The minimum Gasteiger partial charge on any atom is -0.378 e. The molecule has 2 aromatic rings. The summed E-state index contributed by atoms with van der Waals surface area (Å²) in [6.07, 6.45) is 0. The predicted octanol–water partition coefficient (Wildman–Crippen LogP) is 1.21. The molecule has 1 fully saturated rings. The monoisotopic (exact) mass is 293 g/mol. The van der Waals surface area contributed by atoms with Crippen LogP contribution in [0, 0.1) is 0 Å². The first-order valence-electron chi connectivity index (χ1n) is 6.51. The molecule has 0 aliphatic carbocycles. The molecule has 7 heteroatoms. The lowest BCUT2D eigenvalue weighted by molar-refractivity contribution is 0.0280. The van der Waals surface area contributed by atoms with Crippen molar-refractivity contribution in [3.63, 3.8) is 0 Å². The van der Waals surface area contributed by atoms with E-state index in [4.69, 9.17) is 16.3 Å². The van der Waals surface area contributed by atoms with Crippen LogP contribution in [0.4, 0.5) is 0 Å². The zero-order valence-electron chi connectivity index (χ0n) is 11.2. The summed E-state index contributed by atoms with van der Waals surface area (Å²) >= 11 is 5.90. The second-order valence-corrected chi connectivity index (χ2v) is 5.53. The molecule has 1 aliphatic rings. The van der Waals surface area contributed by atoms with E-state index in [0.717, 1.165) is 23.0 Å². The average molecular weight is 294 g/mol. The molecule has 0 saturated carbocycles. The Kier molecular flexibility index (Phi) is 3.69. The largest absolute Gasteiger partial charge is 0.378 e. The number of rotatable bonds is 3. The van der Waals surface area contributed by atoms with Gasteiger partial charge in [-0.2, -0.15) is 0 Å². The quantitative estimate of drug-likeness (QED) is 0.921. The Balaban J connectivity index is 1.84. The van der Waals surface area contributed by atoms with E-state index in [1.165, 1.54) is 0 Å². The molecule has 1 saturated heterocycles. The van der Waals surface area contributed by atoms with Crippen LogP contribution in [0.2, 0.25) is 5.02 Å². The van der Waals surface area contributed by atoms with E-state index in [2.05, 4.69) is 27.8 Å². The number of ether oxygens (including phenoxy) is 1. The van der Waals surface area contributed by atoms with Crippen LogP contribution in [-0.4, -0.2) is 40.0 Å². The summed E-state index contributed by atoms with van der Waals surface area (Å²) in [6.45, 7) is 4.74. The maximum Gasteiger partial charge on any atom is 0.173 e. The molecular weight excluding hydrogens is 278 g/mol. The second kappa shape index (κ2) is 5.47. The van der Waals surface area contributed by atoms with Crippen molar-refractivity contribution in [1.29, 1.82) is 0 Å². The Labute approximate surface area is 122 Å². The van der Waals surface area contributed by atoms with E-state index < -0.39 is 0 Å². The van der Waals surface area contributed by atoms with Crippen LogP contribution in [0.15, 0.2) is 24.3 Å². The van der Waals surface area contributed by atoms with E-state index in [0.29, 0.717) is 19.8 Å². The van der Waals surface area contributed by atoms with Gasteiger partial charge in [0.05, 0.1) is 19.8 Å². The Morgan fingerprint density at radius 3 is 2.90 bits per heavy atom. The zero-order valence-corrected chi connectivity index (χ0v) is 12.0. The van der Waals surface area contributed by atoms with E-state index in [1.807, 2.05) is 24.3 Å². The van der Waals surface area contributed by atoms with Crippen molar-refractivity contribution in [2.45, 2.75) is 19.0 Å². The molecular formula is C13H16ClN5O. The first-order chi connectivity index (χ1) is 9.67. The molecule has 106 valence electrons. The first-order valence-corrected chi connectivity index (χ1v) is 6.89. The number of hydrogen-bond donors (Lipinski definition) is 1. The van der Waals surface area contributed by atoms with Gasteiger partial charge in [0.2, 0.25) is 0 Å². The highest BCUT2D eigenvalue weighted by Gasteiger charge is 2.34. The van der Waals surface area contributed by atoms with Crippen molar-refractivity contribution in [3.05, 3.63) is 40.7 Å². The predicted molar refractivity (Wildman–Crippen MR) is 74.5 cm³/mol. The molecule has 1 aliphatic heterocycles. The molecule has 1 aromatic carbocycles. The van der Waals surface area contributed by atoms with Crippen LogP contribution in [0.5, 0.6) is 0 Å². The van der Waals surface area contributed by atoms with E-state index in [-0.39, 0.29) is 5.54 Å². The van der Waals surface area contributed by atoms with Gasteiger partial charge in [-0.05, 0) is 35.0 Å². The highest BCUT2D eigenvalue weighted by molar-refractivity contribution is 6.30. The Hall–Kier alpha value is -1.50. The molecule has 1 aromatic heterocycles. The van der Waals surface area contributed by atoms with Gasteiger partial charge in [-0.1, -0.05) is 23.7 Å². The summed E-state index contributed by atoms with van der Waals surface area (Å²) in [5, 5.41) is 16.2. The maximum absolute atomic E-state index is 5.90. The van der Waals surface area contributed by atoms with Crippen molar-refractivity contribution in [2.75, 3.05) is 19.8 Å². The smallest absolute Gasteiger partial charge is 0.173 e. The highest BCUT2D eigenvalue weighted by Crippen LogP contribution is 2.21. The van der Waals surface area contributed by atoms with Crippen LogP contribution in [-0.2, 0) is 16.8 Å². The third kappa shape index (κ3) is 2.67. The van der Waals surface area contributed by atoms with Gasteiger partial charge in [0.25, 0.3) is 0 Å². The average Bonchev–Trinajstić information content (AvgIpc) is 2.91. The van der Waals surface area contributed by atoms with Gasteiger partial charge >= 0.3 is 0 Å². The van der Waals surface area contributed by atoms with E-state index in [1.54, 1.807) is 4.68 Å². The lowest BCUT2D eigenvalue weighted by Crippen LogP contribution is -2.51. The van der Waals surface area contributed by atoms with Crippen molar-refractivity contribution >= 4 is 11.6 Å². The topological polar surface area (TPSA) is 64.9 Å². The van der Waals surface area contributed by atoms with Crippen LogP contribution in [0.1, 0.15) is 18.3 Å².